The van der Waals surface area contributed by atoms with Gasteiger partial charge < -0.3 is 10.1 Å². The number of carbonyl (C=O) groups is 2. The van der Waals surface area contributed by atoms with Gasteiger partial charge in [-0.1, -0.05) is 23.2 Å². The summed E-state index contributed by atoms with van der Waals surface area (Å²) in [6.45, 7) is 1.35. The van der Waals surface area contributed by atoms with E-state index in [2.05, 4.69) is 5.32 Å². The predicted octanol–water partition coefficient (Wildman–Crippen LogP) is 4.09. The molecular formula is C16H12Cl2N2O5. The van der Waals surface area contributed by atoms with Crippen molar-refractivity contribution in [2.45, 2.75) is 13.0 Å². The molecule has 1 atom stereocenters. The average Bonchev–Trinajstić information content (AvgIpc) is 2.56. The standard InChI is InChI=1S/C16H12Cl2N2O5/c1-9(15(21)19-12-5-2-10(17)3-6-12)25-16(22)13-8-11(18)4-7-14(13)20(23)24/h2-9H,1H3,(H,19,21)/t9-/m0/s1. The zero-order chi connectivity index (χ0) is 18.6. The Bertz CT molecular complexity index is 824. The Morgan fingerprint density at radius 1 is 1.12 bits per heavy atom. The van der Waals surface area contributed by atoms with Gasteiger partial charge in [0.05, 0.1) is 4.92 Å². The number of benzene rings is 2. The number of carbonyl (C=O) groups excluding carboxylic acids is 2. The molecule has 9 heteroatoms. The first-order chi connectivity index (χ1) is 11.8. The minimum atomic E-state index is -1.18. The van der Waals surface area contributed by atoms with E-state index in [4.69, 9.17) is 27.9 Å². The van der Waals surface area contributed by atoms with Crippen LogP contribution < -0.4 is 5.32 Å². The summed E-state index contributed by atoms with van der Waals surface area (Å²) in [6.07, 6.45) is -1.18. The van der Waals surface area contributed by atoms with Gasteiger partial charge in [0.1, 0.15) is 5.56 Å². The van der Waals surface area contributed by atoms with Crippen molar-refractivity contribution in [3.05, 3.63) is 68.2 Å². The van der Waals surface area contributed by atoms with Crippen LogP contribution in [0.2, 0.25) is 10.0 Å². The SMILES string of the molecule is C[C@H](OC(=O)c1cc(Cl)ccc1[N+](=O)[O-])C(=O)Nc1ccc(Cl)cc1. The number of rotatable bonds is 5. The molecule has 25 heavy (non-hydrogen) atoms. The van der Waals surface area contributed by atoms with Crippen molar-refractivity contribution in [2.24, 2.45) is 0 Å². The highest BCUT2D eigenvalue weighted by atomic mass is 35.5. The Kier molecular flexibility index (Phi) is 5.95. The third-order valence-corrected chi connectivity index (χ3v) is 3.63. The molecule has 2 rings (SSSR count). The van der Waals surface area contributed by atoms with E-state index in [-0.39, 0.29) is 10.6 Å². The summed E-state index contributed by atoms with van der Waals surface area (Å²) in [5.41, 5.74) is -0.325. The van der Waals surface area contributed by atoms with Gasteiger partial charge in [0, 0.05) is 21.8 Å². The molecule has 1 amide bonds. The zero-order valence-electron chi connectivity index (χ0n) is 12.9. The topological polar surface area (TPSA) is 98.5 Å². The average molecular weight is 383 g/mol. The smallest absolute Gasteiger partial charge is 0.345 e. The van der Waals surface area contributed by atoms with E-state index < -0.39 is 28.6 Å². The van der Waals surface area contributed by atoms with Crippen LogP contribution in [0, 0.1) is 10.1 Å². The largest absolute Gasteiger partial charge is 0.449 e. The molecule has 0 aromatic heterocycles. The number of hydrogen-bond donors (Lipinski definition) is 1. The highest BCUT2D eigenvalue weighted by Gasteiger charge is 2.25. The van der Waals surface area contributed by atoms with Crippen molar-refractivity contribution in [1.29, 1.82) is 0 Å². The number of nitro benzene ring substituents is 1. The van der Waals surface area contributed by atoms with Crippen LogP contribution in [0.5, 0.6) is 0 Å². The molecule has 0 aliphatic rings. The first-order valence-electron chi connectivity index (χ1n) is 6.99. The molecule has 130 valence electrons. The van der Waals surface area contributed by atoms with Crippen molar-refractivity contribution >= 4 is 46.5 Å². The van der Waals surface area contributed by atoms with E-state index in [9.17, 15) is 19.7 Å². The molecule has 0 saturated carbocycles. The van der Waals surface area contributed by atoms with Crippen molar-refractivity contribution < 1.29 is 19.2 Å². The minimum Gasteiger partial charge on any atom is -0.449 e. The predicted molar refractivity (Wildman–Crippen MR) is 93.1 cm³/mol. The number of nitrogens with zero attached hydrogens (tertiary/aromatic N) is 1. The summed E-state index contributed by atoms with van der Waals surface area (Å²) in [7, 11) is 0. The lowest BCUT2D eigenvalue weighted by atomic mass is 10.2. The maximum absolute atomic E-state index is 12.2. The fraction of sp³-hybridized carbons (Fsp3) is 0.125. The molecule has 7 nitrogen and oxygen atoms in total. The highest BCUT2D eigenvalue weighted by Crippen LogP contribution is 2.24. The van der Waals surface area contributed by atoms with Crippen LogP contribution in [-0.2, 0) is 9.53 Å². The monoisotopic (exact) mass is 382 g/mol. The summed E-state index contributed by atoms with van der Waals surface area (Å²) in [4.78, 5) is 34.5. The summed E-state index contributed by atoms with van der Waals surface area (Å²) >= 11 is 11.5. The second-order valence-corrected chi connectivity index (χ2v) is 5.84. The summed E-state index contributed by atoms with van der Waals surface area (Å²) in [5, 5.41) is 14.2. The number of ether oxygens (including phenoxy) is 1. The van der Waals surface area contributed by atoms with E-state index in [1.165, 1.54) is 13.0 Å². The second kappa shape index (κ2) is 7.96. The van der Waals surface area contributed by atoms with Gasteiger partial charge in [0.15, 0.2) is 6.10 Å². The van der Waals surface area contributed by atoms with Crippen molar-refractivity contribution in [2.75, 3.05) is 5.32 Å². The number of amides is 1. The third-order valence-electron chi connectivity index (χ3n) is 3.14. The molecule has 0 aliphatic carbocycles. The fourth-order valence-corrected chi connectivity index (χ4v) is 2.18. The number of anilines is 1. The van der Waals surface area contributed by atoms with Crippen LogP contribution >= 0.6 is 23.2 Å². The first-order valence-corrected chi connectivity index (χ1v) is 7.75. The minimum absolute atomic E-state index is 0.135. The molecule has 2 aromatic rings. The summed E-state index contributed by atoms with van der Waals surface area (Å²) in [5.74, 6) is -1.62. The zero-order valence-corrected chi connectivity index (χ0v) is 14.4. The number of nitro groups is 1. The number of hydrogen-bond acceptors (Lipinski definition) is 5. The van der Waals surface area contributed by atoms with Crippen LogP contribution in [0.25, 0.3) is 0 Å². The van der Waals surface area contributed by atoms with Gasteiger partial charge in [-0.3, -0.25) is 14.9 Å². The van der Waals surface area contributed by atoms with E-state index >= 15 is 0 Å². The van der Waals surface area contributed by atoms with Gasteiger partial charge in [-0.05, 0) is 43.3 Å². The third kappa shape index (κ3) is 4.91. The van der Waals surface area contributed by atoms with Gasteiger partial charge in [-0.2, -0.15) is 0 Å². The number of halogens is 2. The molecule has 0 radical (unpaired) electrons. The Morgan fingerprint density at radius 3 is 2.32 bits per heavy atom. The lowest BCUT2D eigenvalue weighted by molar-refractivity contribution is -0.385. The van der Waals surface area contributed by atoms with E-state index in [1.54, 1.807) is 24.3 Å². The van der Waals surface area contributed by atoms with Crippen LogP contribution in [0.15, 0.2) is 42.5 Å². The molecule has 0 fully saturated rings. The molecule has 1 N–H and O–H groups in total. The number of esters is 1. The van der Waals surface area contributed by atoms with Crippen molar-refractivity contribution in [1.82, 2.24) is 0 Å². The molecule has 0 saturated heterocycles. The maximum atomic E-state index is 12.2. The summed E-state index contributed by atoms with van der Waals surface area (Å²) < 4.78 is 5.00. The van der Waals surface area contributed by atoms with Crippen molar-refractivity contribution in [3.63, 3.8) is 0 Å². The van der Waals surface area contributed by atoms with E-state index in [1.807, 2.05) is 0 Å². The Morgan fingerprint density at radius 2 is 1.72 bits per heavy atom. The Labute approximate surface area is 152 Å². The van der Waals surface area contributed by atoms with Crippen LogP contribution in [-0.4, -0.2) is 22.9 Å². The maximum Gasteiger partial charge on any atom is 0.345 e. The van der Waals surface area contributed by atoms with Crippen LogP contribution in [0.3, 0.4) is 0 Å². The summed E-state index contributed by atoms with van der Waals surface area (Å²) in [6, 6.07) is 9.83. The van der Waals surface area contributed by atoms with Crippen molar-refractivity contribution in [3.8, 4) is 0 Å². The van der Waals surface area contributed by atoms with E-state index in [0.29, 0.717) is 10.7 Å². The molecule has 0 heterocycles. The Balaban J connectivity index is 2.09. The molecule has 0 spiro atoms. The molecule has 2 aromatic carbocycles. The van der Waals surface area contributed by atoms with E-state index in [0.717, 1.165) is 12.1 Å². The van der Waals surface area contributed by atoms with Gasteiger partial charge in [0.25, 0.3) is 11.6 Å². The molecule has 0 bridgehead atoms. The number of nitrogens with one attached hydrogen (secondary N) is 1. The van der Waals surface area contributed by atoms with Gasteiger partial charge in [0.2, 0.25) is 0 Å². The quantitative estimate of drug-likeness (QED) is 0.477. The first kappa shape index (κ1) is 18.7. The normalized spacial score (nSPS) is 11.5. The van der Waals surface area contributed by atoms with Gasteiger partial charge in [-0.25, -0.2) is 4.79 Å². The highest BCUT2D eigenvalue weighted by molar-refractivity contribution is 6.31. The van der Waals surface area contributed by atoms with Crippen LogP contribution in [0.1, 0.15) is 17.3 Å². The Hall–Kier alpha value is -2.64. The van der Waals surface area contributed by atoms with Crippen LogP contribution in [0.4, 0.5) is 11.4 Å². The molecular weight excluding hydrogens is 371 g/mol. The lowest BCUT2D eigenvalue weighted by Crippen LogP contribution is -2.30. The lowest BCUT2D eigenvalue weighted by Gasteiger charge is -2.13. The van der Waals surface area contributed by atoms with Gasteiger partial charge in [-0.15, -0.1) is 0 Å². The molecule has 0 unspecified atom stereocenters. The van der Waals surface area contributed by atoms with Gasteiger partial charge >= 0.3 is 5.97 Å². The fourth-order valence-electron chi connectivity index (χ4n) is 1.89. The molecule has 0 aliphatic heterocycles. The second-order valence-electron chi connectivity index (χ2n) is 4.96.